The standard InChI is InChI=1S/C55H64ClN11O5/c1-3-49(69)66-27-26-65(33-47(66)36(2)29-57)51-42-16-21-64(45-9-5-7-38-6-4-8-43(56)50(38)45)32-44(42)58-54(60-51)72-35-55(17-18-55)34-62-24-22-61(23-25-62)30-37-14-19-63(20-15-37)40-10-11-41-39(28-40)31-67(53(41)71)46-12-13-48(68)59-52(46)70/h4-11,28,37,46-47H,2-3,12-27,30-35H2,1H3,(H,59,68,70)/t46?,47-/m1/s1. The number of nitriles is 1. The number of hydrogen-bond donors (Lipinski definition) is 1. The second kappa shape index (κ2) is 20.0. The van der Waals surface area contributed by atoms with Crippen molar-refractivity contribution in [1.82, 2.24) is 34.9 Å². The fourth-order valence-electron chi connectivity index (χ4n) is 12.2. The predicted octanol–water partition coefficient (Wildman–Crippen LogP) is 5.81. The predicted molar refractivity (Wildman–Crippen MR) is 276 cm³/mol. The van der Waals surface area contributed by atoms with Crippen molar-refractivity contribution in [3.05, 3.63) is 94.2 Å². The summed E-state index contributed by atoms with van der Waals surface area (Å²) in [6.45, 7) is 17.8. The van der Waals surface area contributed by atoms with Crippen LogP contribution in [0.5, 0.6) is 6.01 Å². The number of halogens is 1. The van der Waals surface area contributed by atoms with Gasteiger partial charge in [0.2, 0.25) is 17.7 Å². The average Bonchev–Trinajstić information content (AvgIpc) is 4.10. The lowest BCUT2D eigenvalue weighted by Gasteiger charge is -2.43. The number of nitrogens with one attached hydrogen (secondary N) is 1. The van der Waals surface area contributed by atoms with Crippen molar-refractivity contribution in [1.29, 1.82) is 5.26 Å². The molecule has 1 unspecified atom stereocenters. The molecule has 4 saturated heterocycles. The van der Waals surface area contributed by atoms with Gasteiger partial charge in [-0.25, -0.2) is 0 Å². The number of rotatable bonds is 13. The molecule has 1 N–H and O–H groups in total. The SMILES string of the molecule is C=C(C#N)[C@H]1CN(c2nc(OCC3(CN4CCN(CC5CCN(c6ccc7c(c6)CN(C6CCC(=O)NC6=O)C7=O)CC5)CC4)CC3)nc3c2CCN(c2cccc4cccc(Cl)c24)C3)CCN1C(=O)CC. The van der Waals surface area contributed by atoms with Crippen LogP contribution >= 0.6 is 11.6 Å². The van der Waals surface area contributed by atoms with Gasteiger partial charge in [0.25, 0.3) is 5.91 Å². The lowest BCUT2D eigenvalue weighted by atomic mass is 9.95. The summed E-state index contributed by atoms with van der Waals surface area (Å²) in [5.41, 5.74) is 6.21. The molecule has 16 nitrogen and oxygen atoms in total. The molecule has 6 aliphatic heterocycles. The van der Waals surface area contributed by atoms with Crippen molar-refractivity contribution >= 4 is 63.2 Å². The van der Waals surface area contributed by atoms with E-state index in [4.69, 9.17) is 26.3 Å². The molecule has 5 fully saturated rings. The van der Waals surface area contributed by atoms with E-state index >= 15 is 0 Å². The Hall–Kier alpha value is -6.28. The molecule has 1 aliphatic carbocycles. The van der Waals surface area contributed by atoms with Gasteiger partial charge in [0.15, 0.2) is 0 Å². The van der Waals surface area contributed by atoms with E-state index in [1.807, 2.05) is 31.2 Å². The van der Waals surface area contributed by atoms with Gasteiger partial charge in [-0.2, -0.15) is 15.2 Å². The highest BCUT2D eigenvalue weighted by molar-refractivity contribution is 6.36. The normalized spacial score (nSPS) is 22.7. The number of piperidine rings is 2. The van der Waals surface area contributed by atoms with Crippen LogP contribution in [0.25, 0.3) is 10.8 Å². The highest BCUT2D eigenvalue weighted by atomic mass is 35.5. The molecular weight excluding hydrogens is 930 g/mol. The highest BCUT2D eigenvalue weighted by Crippen LogP contribution is 2.47. The number of aromatic nitrogens is 2. The van der Waals surface area contributed by atoms with Crippen LogP contribution in [0.15, 0.2) is 66.7 Å². The summed E-state index contributed by atoms with van der Waals surface area (Å²) in [6, 6.07) is 20.0. The van der Waals surface area contributed by atoms with Crippen LogP contribution in [-0.4, -0.2) is 150 Å². The number of imide groups is 1. The molecule has 1 aromatic heterocycles. The van der Waals surface area contributed by atoms with Crippen LogP contribution in [0.3, 0.4) is 0 Å². The topological polar surface area (TPSA) is 162 Å². The number of benzene rings is 3. The van der Waals surface area contributed by atoms with E-state index in [0.717, 1.165) is 134 Å². The average molecular weight is 995 g/mol. The molecule has 7 heterocycles. The second-order valence-electron chi connectivity index (χ2n) is 21.1. The Kier molecular flexibility index (Phi) is 13.3. The molecule has 17 heteroatoms. The van der Waals surface area contributed by atoms with Crippen LogP contribution in [0, 0.1) is 22.7 Å². The molecule has 0 bridgehead atoms. The fraction of sp³-hybridized carbons (Fsp3) is 0.509. The Morgan fingerprint density at radius 1 is 0.889 bits per heavy atom. The van der Waals surface area contributed by atoms with E-state index in [1.165, 1.54) is 0 Å². The molecule has 3 aromatic carbocycles. The molecular formula is C55H64ClN11O5. The Labute approximate surface area is 426 Å². The molecule has 4 aromatic rings. The molecule has 7 aliphatic rings. The van der Waals surface area contributed by atoms with Gasteiger partial charge in [0, 0.05) is 137 Å². The van der Waals surface area contributed by atoms with E-state index in [9.17, 15) is 24.4 Å². The third-order valence-corrected chi connectivity index (χ3v) is 16.9. The zero-order valence-electron chi connectivity index (χ0n) is 41.3. The Morgan fingerprint density at radius 2 is 1.67 bits per heavy atom. The number of ether oxygens (including phenoxy) is 1. The molecule has 376 valence electrons. The highest BCUT2D eigenvalue weighted by Gasteiger charge is 2.46. The fourth-order valence-corrected chi connectivity index (χ4v) is 12.4. The van der Waals surface area contributed by atoms with Crippen LogP contribution in [0.4, 0.5) is 17.2 Å². The number of carbonyl (C=O) groups excluding carboxylic acids is 4. The van der Waals surface area contributed by atoms with Crippen LogP contribution in [-0.2, 0) is 33.9 Å². The first-order valence-electron chi connectivity index (χ1n) is 26.0. The van der Waals surface area contributed by atoms with Crippen molar-refractivity contribution in [2.75, 3.05) is 99.8 Å². The zero-order valence-corrected chi connectivity index (χ0v) is 42.0. The first-order chi connectivity index (χ1) is 35.0. The Bertz CT molecular complexity index is 2840. The van der Waals surface area contributed by atoms with E-state index in [2.05, 4.69) is 72.8 Å². The molecule has 1 saturated carbocycles. The van der Waals surface area contributed by atoms with Crippen LogP contribution < -0.4 is 24.8 Å². The zero-order chi connectivity index (χ0) is 49.7. The number of hydrogen-bond acceptors (Lipinski definition) is 13. The summed E-state index contributed by atoms with van der Waals surface area (Å²) in [6.07, 6.45) is 6.13. The third kappa shape index (κ3) is 9.58. The first kappa shape index (κ1) is 48.0. The smallest absolute Gasteiger partial charge is 0.318 e. The van der Waals surface area contributed by atoms with Crippen molar-refractivity contribution in [3.63, 3.8) is 0 Å². The lowest BCUT2D eigenvalue weighted by molar-refractivity contribution is -0.137. The maximum absolute atomic E-state index is 13.3. The van der Waals surface area contributed by atoms with Gasteiger partial charge < -0.3 is 39.0 Å². The van der Waals surface area contributed by atoms with E-state index in [0.29, 0.717) is 81.7 Å². The summed E-state index contributed by atoms with van der Waals surface area (Å²) < 4.78 is 6.69. The minimum atomic E-state index is -0.605. The molecule has 0 spiro atoms. The van der Waals surface area contributed by atoms with Crippen molar-refractivity contribution in [3.8, 4) is 12.1 Å². The second-order valence-corrected chi connectivity index (χ2v) is 21.5. The van der Waals surface area contributed by atoms with E-state index in [-0.39, 0.29) is 35.5 Å². The first-order valence-corrected chi connectivity index (χ1v) is 26.4. The van der Waals surface area contributed by atoms with Crippen LogP contribution in [0.2, 0.25) is 5.02 Å². The van der Waals surface area contributed by atoms with Gasteiger partial charge in [-0.3, -0.25) is 24.5 Å². The van der Waals surface area contributed by atoms with Gasteiger partial charge in [0.1, 0.15) is 11.9 Å². The summed E-state index contributed by atoms with van der Waals surface area (Å²) in [5.74, 6) is 0.670. The Morgan fingerprint density at radius 3 is 2.42 bits per heavy atom. The minimum Gasteiger partial charge on any atom is -0.463 e. The number of anilines is 3. The van der Waals surface area contributed by atoms with Crippen molar-refractivity contribution in [2.45, 2.75) is 83.5 Å². The number of carbonyl (C=O) groups is 4. The maximum Gasteiger partial charge on any atom is 0.318 e. The van der Waals surface area contributed by atoms with E-state index in [1.54, 1.807) is 9.80 Å². The summed E-state index contributed by atoms with van der Waals surface area (Å²) in [5, 5.41) is 15.2. The maximum atomic E-state index is 13.3. The third-order valence-electron chi connectivity index (χ3n) is 16.5. The Balaban J connectivity index is 0.706. The number of fused-ring (bicyclic) bond motifs is 3. The van der Waals surface area contributed by atoms with Gasteiger partial charge in [-0.15, -0.1) is 0 Å². The van der Waals surface area contributed by atoms with E-state index < -0.39 is 12.1 Å². The number of amides is 4. The number of piperazine rings is 2. The van der Waals surface area contributed by atoms with Crippen molar-refractivity contribution < 1.29 is 23.9 Å². The van der Waals surface area contributed by atoms with Crippen molar-refractivity contribution in [2.24, 2.45) is 11.3 Å². The van der Waals surface area contributed by atoms with Gasteiger partial charge in [-0.05, 0) is 85.7 Å². The molecule has 2 atom stereocenters. The largest absolute Gasteiger partial charge is 0.463 e. The molecule has 4 amide bonds. The summed E-state index contributed by atoms with van der Waals surface area (Å²) in [7, 11) is 0. The lowest BCUT2D eigenvalue weighted by Crippen LogP contribution is -2.56. The summed E-state index contributed by atoms with van der Waals surface area (Å²) in [4.78, 5) is 76.5. The van der Waals surface area contributed by atoms with Crippen LogP contribution in [0.1, 0.15) is 79.0 Å². The quantitative estimate of drug-likeness (QED) is 0.126. The van der Waals surface area contributed by atoms with Gasteiger partial charge in [-0.1, -0.05) is 49.4 Å². The van der Waals surface area contributed by atoms with Gasteiger partial charge in [0.05, 0.1) is 36.0 Å². The monoisotopic (exact) mass is 993 g/mol. The molecule has 72 heavy (non-hydrogen) atoms. The molecule has 11 rings (SSSR count). The minimum absolute atomic E-state index is 0.0141. The molecule has 0 radical (unpaired) electrons. The summed E-state index contributed by atoms with van der Waals surface area (Å²) >= 11 is 6.83. The number of nitrogens with zero attached hydrogens (tertiary/aromatic N) is 10. The van der Waals surface area contributed by atoms with Gasteiger partial charge >= 0.3 is 6.01 Å².